The summed E-state index contributed by atoms with van der Waals surface area (Å²) in [7, 11) is 1.20. The van der Waals surface area contributed by atoms with Crippen LogP contribution in [0.3, 0.4) is 0 Å². The van der Waals surface area contributed by atoms with Crippen LogP contribution in [0.25, 0.3) is 0 Å². The number of hydrogen-bond acceptors (Lipinski definition) is 6. The molecule has 0 aliphatic carbocycles. The summed E-state index contributed by atoms with van der Waals surface area (Å²) >= 11 is 5.67. The van der Waals surface area contributed by atoms with Crippen molar-refractivity contribution in [3.05, 3.63) is 68.8 Å². The fourth-order valence-corrected chi connectivity index (χ4v) is 5.51. The van der Waals surface area contributed by atoms with Crippen molar-refractivity contribution in [2.45, 2.75) is 33.1 Å². The maximum Gasteiger partial charge on any atom is 0.338 e. The van der Waals surface area contributed by atoms with E-state index in [1.54, 1.807) is 4.90 Å². The van der Waals surface area contributed by atoms with Crippen molar-refractivity contribution in [1.29, 1.82) is 0 Å². The van der Waals surface area contributed by atoms with Gasteiger partial charge in [-0.2, -0.15) is 0 Å². The molecule has 2 aromatic carbocycles. The van der Waals surface area contributed by atoms with Crippen molar-refractivity contribution in [2.24, 2.45) is 5.41 Å². The summed E-state index contributed by atoms with van der Waals surface area (Å²) in [6, 6.07) is 9.98. The highest BCUT2D eigenvalue weighted by Gasteiger charge is 2.42. The summed E-state index contributed by atoms with van der Waals surface area (Å²) in [6.45, 7) is 6.85. The van der Waals surface area contributed by atoms with Gasteiger partial charge >= 0.3 is 5.97 Å². The Labute approximate surface area is 215 Å². The minimum atomic E-state index is -0.719. The number of non-ortho nitro benzene ring substituents is 1. The van der Waals surface area contributed by atoms with E-state index in [0.29, 0.717) is 18.2 Å². The van der Waals surface area contributed by atoms with Gasteiger partial charge in [-0.1, -0.05) is 6.07 Å². The van der Waals surface area contributed by atoms with E-state index >= 15 is 0 Å². The first-order chi connectivity index (χ1) is 17.1. The first-order valence-electron chi connectivity index (χ1n) is 11.9. The average Bonchev–Trinajstić information content (AvgIpc) is 3.25. The molecule has 2 fully saturated rings. The molecule has 0 unspecified atom stereocenters. The van der Waals surface area contributed by atoms with E-state index in [1.807, 2.05) is 0 Å². The maximum absolute atomic E-state index is 13.3. The van der Waals surface area contributed by atoms with Crippen LogP contribution >= 0.6 is 12.2 Å². The predicted molar refractivity (Wildman–Crippen MR) is 140 cm³/mol. The predicted octanol–water partition coefficient (Wildman–Crippen LogP) is 4.32. The summed E-state index contributed by atoms with van der Waals surface area (Å²) in [5.41, 5.74) is 3.13. The molecule has 0 bridgehead atoms. The average molecular weight is 511 g/mol. The minimum absolute atomic E-state index is 0.00636. The lowest BCUT2D eigenvalue weighted by atomic mass is 9.78. The lowest BCUT2D eigenvalue weighted by Gasteiger charge is -2.40. The summed E-state index contributed by atoms with van der Waals surface area (Å²) < 4.78 is 4.69. The molecule has 36 heavy (non-hydrogen) atoms. The van der Waals surface area contributed by atoms with Gasteiger partial charge in [0.2, 0.25) is 0 Å². The molecule has 4 rings (SSSR count). The molecular formula is C26H30N4O5S. The molecule has 2 aromatic rings. The number of benzene rings is 2. The zero-order valence-corrected chi connectivity index (χ0v) is 21.5. The lowest BCUT2D eigenvalue weighted by molar-refractivity contribution is -0.384. The number of nitro benzene ring substituents is 1. The Morgan fingerprint density at radius 1 is 0.972 bits per heavy atom. The molecule has 0 aromatic heterocycles. The molecule has 9 nitrogen and oxygen atoms in total. The van der Waals surface area contributed by atoms with Gasteiger partial charge in [-0.05, 0) is 80.1 Å². The van der Waals surface area contributed by atoms with Crippen LogP contribution in [0.2, 0.25) is 0 Å². The van der Waals surface area contributed by atoms with Crippen LogP contribution < -0.4 is 5.32 Å². The van der Waals surface area contributed by atoms with Crippen molar-refractivity contribution in [2.75, 3.05) is 38.6 Å². The van der Waals surface area contributed by atoms with Crippen molar-refractivity contribution < 1.29 is 19.2 Å². The van der Waals surface area contributed by atoms with E-state index in [4.69, 9.17) is 17.0 Å². The summed E-state index contributed by atoms with van der Waals surface area (Å²) in [4.78, 5) is 39.9. The van der Waals surface area contributed by atoms with Gasteiger partial charge in [-0.25, -0.2) is 4.79 Å². The molecule has 0 atom stereocenters. The number of carbonyl (C=O) groups is 2. The van der Waals surface area contributed by atoms with Crippen LogP contribution in [-0.2, 0) is 4.74 Å². The molecule has 10 heteroatoms. The topological polar surface area (TPSA) is 105 Å². The first kappa shape index (κ1) is 25.6. The standard InChI is InChI=1S/C26H30N4O5S/c1-17-10-18(2)12-21(11-17)27-25(36)28-7-4-26(5-8-28)6-9-29(16-26)23(31)19-13-20(24(32)35-3)15-22(14-19)30(33)34/h10-15H,4-9,16H2,1-3H3,(H,27,36). The van der Waals surface area contributed by atoms with Crippen molar-refractivity contribution in [3.63, 3.8) is 0 Å². The number of thiocarbonyl (C=S) groups is 1. The van der Waals surface area contributed by atoms with Gasteiger partial charge in [0.15, 0.2) is 5.11 Å². The van der Waals surface area contributed by atoms with Crippen molar-refractivity contribution in [1.82, 2.24) is 9.80 Å². The molecule has 0 radical (unpaired) electrons. The quantitative estimate of drug-likeness (QED) is 0.281. The number of piperidine rings is 1. The second-order valence-electron chi connectivity index (χ2n) is 9.79. The Morgan fingerprint density at radius 3 is 2.14 bits per heavy atom. The number of likely N-dealkylation sites (tertiary alicyclic amines) is 2. The Morgan fingerprint density at radius 2 is 1.56 bits per heavy atom. The van der Waals surface area contributed by atoms with Crippen LogP contribution in [0.4, 0.5) is 11.4 Å². The normalized spacial score (nSPS) is 16.6. The molecule has 190 valence electrons. The van der Waals surface area contributed by atoms with Gasteiger partial charge in [0.05, 0.1) is 17.6 Å². The fraction of sp³-hybridized carbons (Fsp3) is 0.423. The lowest BCUT2D eigenvalue weighted by Crippen LogP contribution is -2.46. The van der Waals surface area contributed by atoms with Gasteiger partial charge in [-0.15, -0.1) is 0 Å². The number of rotatable bonds is 4. The number of nitrogens with zero attached hydrogens (tertiary/aromatic N) is 3. The molecule has 2 aliphatic heterocycles. The van der Waals surface area contributed by atoms with E-state index in [1.165, 1.54) is 30.4 Å². The van der Waals surface area contributed by atoms with Crippen LogP contribution in [0.15, 0.2) is 36.4 Å². The Bertz CT molecular complexity index is 1200. The molecule has 1 amide bonds. The summed E-state index contributed by atoms with van der Waals surface area (Å²) in [5.74, 6) is -1.03. The van der Waals surface area contributed by atoms with Gasteiger partial charge in [0.25, 0.3) is 11.6 Å². The first-order valence-corrected chi connectivity index (χ1v) is 12.3. The van der Waals surface area contributed by atoms with Crippen LogP contribution in [0.1, 0.15) is 51.1 Å². The molecule has 2 heterocycles. The number of esters is 1. The number of amides is 1. The van der Waals surface area contributed by atoms with E-state index in [0.717, 1.165) is 44.1 Å². The van der Waals surface area contributed by atoms with Crippen molar-refractivity contribution >= 4 is 40.6 Å². The monoisotopic (exact) mass is 510 g/mol. The molecule has 2 aliphatic rings. The number of aryl methyl sites for hydroxylation is 2. The molecular weight excluding hydrogens is 480 g/mol. The van der Waals surface area contributed by atoms with Gasteiger partial charge < -0.3 is 19.9 Å². The highest BCUT2D eigenvalue weighted by molar-refractivity contribution is 7.80. The number of ether oxygens (including phenoxy) is 1. The summed E-state index contributed by atoms with van der Waals surface area (Å²) in [5, 5.41) is 15.4. The van der Waals surface area contributed by atoms with Crippen LogP contribution in [0.5, 0.6) is 0 Å². The van der Waals surface area contributed by atoms with E-state index in [-0.39, 0.29) is 28.1 Å². The summed E-state index contributed by atoms with van der Waals surface area (Å²) in [6.07, 6.45) is 2.66. The molecule has 0 saturated carbocycles. The minimum Gasteiger partial charge on any atom is -0.465 e. The second kappa shape index (κ2) is 10.2. The smallest absolute Gasteiger partial charge is 0.338 e. The third-order valence-corrected chi connectivity index (χ3v) is 7.47. The highest BCUT2D eigenvalue weighted by Crippen LogP contribution is 2.41. The van der Waals surface area contributed by atoms with Crippen molar-refractivity contribution in [3.8, 4) is 0 Å². The third-order valence-electron chi connectivity index (χ3n) is 7.11. The number of hydrogen-bond donors (Lipinski definition) is 1. The van der Waals surface area contributed by atoms with E-state index in [9.17, 15) is 19.7 Å². The van der Waals surface area contributed by atoms with E-state index in [2.05, 4.69) is 42.3 Å². The third kappa shape index (κ3) is 5.48. The molecule has 2 saturated heterocycles. The number of carbonyl (C=O) groups excluding carboxylic acids is 2. The number of nitrogens with one attached hydrogen (secondary N) is 1. The van der Waals surface area contributed by atoms with E-state index < -0.39 is 10.9 Å². The zero-order valence-electron chi connectivity index (χ0n) is 20.7. The fourth-order valence-electron chi connectivity index (χ4n) is 5.21. The Hall–Kier alpha value is -3.53. The Kier molecular flexibility index (Phi) is 7.26. The second-order valence-corrected chi connectivity index (χ2v) is 10.2. The van der Waals surface area contributed by atoms with Gasteiger partial charge in [0.1, 0.15) is 0 Å². The SMILES string of the molecule is COC(=O)c1cc(C(=O)N2CCC3(CCN(C(=S)Nc4cc(C)cc(C)c4)CC3)C2)cc([N+](=O)[O-])c1. The Balaban J connectivity index is 1.40. The number of nitro groups is 1. The van der Waals surface area contributed by atoms with Gasteiger partial charge in [-0.3, -0.25) is 14.9 Å². The molecule has 1 spiro atoms. The largest absolute Gasteiger partial charge is 0.465 e. The van der Waals surface area contributed by atoms with Crippen LogP contribution in [0, 0.1) is 29.4 Å². The number of methoxy groups -OCH3 is 1. The van der Waals surface area contributed by atoms with Gasteiger partial charge in [0, 0.05) is 49.6 Å². The van der Waals surface area contributed by atoms with Crippen LogP contribution in [-0.4, -0.2) is 65.0 Å². The molecule has 1 N–H and O–H groups in total. The zero-order chi connectivity index (χ0) is 26.0. The highest BCUT2D eigenvalue weighted by atomic mass is 32.1. The number of anilines is 1. The maximum atomic E-state index is 13.3.